The lowest BCUT2D eigenvalue weighted by molar-refractivity contribution is -0.144. The number of benzene rings is 3. The number of nitrogens with one attached hydrogen (secondary N) is 3. The zero-order chi connectivity index (χ0) is 25.9. The topological polar surface area (TPSA) is 140 Å². The molecule has 0 spiro atoms. The van der Waals surface area contributed by atoms with Crippen LogP contribution in [0.2, 0.25) is 0 Å². The molecule has 11 nitrogen and oxygen atoms in total. The number of hydrogen-bond donors (Lipinski definition) is 4. The van der Waals surface area contributed by atoms with Gasteiger partial charge in [0.05, 0.1) is 0 Å². The molecular weight excluding hydrogens is 476 g/mol. The molecule has 4 N–H and O–H groups in total. The van der Waals surface area contributed by atoms with Gasteiger partial charge in [-0.1, -0.05) is 36.9 Å². The van der Waals surface area contributed by atoms with Crippen LogP contribution in [0.15, 0.2) is 91.5 Å². The Kier molecular flexibility index (Phi) is 8.44. The summed E-state index contributed by atoms with van der Waals surface area (Å²) in [5.41, 5.74) is 2.08. The summed E-state index contributed by atoms with van der Waals surface area (Å²) in [5, 5.41) is 18.5. The molecule has 4 aromatic rings. The summed E-state index contributed by atoms with van der Waals surface area (Å²) >= 11 is 0. The molecule has 0 saturated heterocycles. The van der Waals surface area contributed by atoms with Gasteiger partial charge in [0, 0.05) is 35.3 Å². The molecule has 0 aliphatic heterocycles. The number of carbonyl (C=O) groups is 1. The van der Waals surface area contributed by atoms with Crippen LogP contribution in [-0.2, 0) is 9.53 Å². The van der Waals surface area contributed by atoms with Gasteiger partial charge in [0.15, 0.2) is 6.79 Å². The third kappa shape index (κ3) is 7.67. The van der Waals surface area contributed by atoms with Gasteiger partial charge in [0.1, 0.15) is 11.5 Å². The maximum Gasteiger partial charge on any atom is 0.333 e. The van der Waals surface area contributed by atoms with Crippen molar-refractivity contribution in [3.63, 3.8) is 0 Å². The Labute approximate surface area is 212 Å². The van der Waals surface area contributed by atoms with E-state index >= 15 is 0 Å². The minimum atomic E-state index is -0.577. The summed E-state index contributed by atoms with van der Waals surface area (Å²) in [6.45, 7) is 2.65. The predicted molar refractivity (Wildman–Crippen MR) is 138 cm³/mol. The van der Waals surface area contributed by atoms with Gasteiger partial charge in [0.2, 0.25) is 24.6 Å². The van der Waals surface area contributed by atoms with E-state index in [1.165, 1.54) is 0 Å². The number of aliphatic hydroxyl groups excluding tert-OH is 1. The van der Waals surface area contributed by atoms with E-state index in [-0.39, 0.29) is 18.7 Å². The van der Waals surface area contributed by atoms with Crippen molar-refractivity contribution in [1.82, 2.24) is 15.0 Å². The molecule has 0 fully saturated rings. The van der Waals surface area contributed by atoms with Crippen LogP contribution in [0.4, 0.5) is 34.9 Å². The highest BCUT2D eigenvalue weighted by Crippen LogP contribution is 2.24. The minimum absolute atomic E-state index is 0.252. The van der Waals surface area contributed by atoms with Gasteiger partial charge in [-0.15, -0.1) is 0 Å². The highest BCUT2D eigenvalue weighted by molar-refractivity contribution is 5.81. The summed E-state index contributed by atoms with van der Waals surface area (Å²) < 4.78 is 15.4. The largest absolute Gasteiger partial charge is 0.468 e. The summed E-state index contributed by atoms with van der Waals surface area (Å²) in [5.74, 6) is 1.20. The van der Waals surface area contributed by atoms with E-state index < -0.39 is 12.8 Å². The van der Waals surface area contributed by atoms with Crippen molar-refractivity contribution < 1.29 is 24.1 Å². The summed E-state index contributed by atoms with van der Waals surface area (Å²) in [6, 6.07) is 23.5. The molecular formula is C26H24N6O5. The maximum absolute atomic E-state index is 11.2. The van der Waals surface area contributed by atoms with Gasteiger partial charge in [-0.05, 0) is 36.4 Å². The normalized spacial score (nSPS) is 10.2. The Balaban J connectivity index is 1.56. The van der Waals surface area contributed by atoms with Crippen molar-refractivity contribution in [3.05, 3.63) is 91.5 Å². The van der Waals surface area contributed by atoms with Gasteiger partial charge >= 0.3 is 5.97 Å². The second-order valence-corrected chi connectivity index (χ2v) is 7.31. The monoisotopic (exact) mass is 500 g/mol. The van der Waals surface area contributed by atoms with Crippen molar-refractivity contribution in [1.29, 1.82) is 0 Å². The van der Waals surface area contributed by atoms with Gasteiger partial charge in [-0.2, -0.15) is 15.0 Å². The van der Waals surface area contributed by atoms with Crippen LogP contribution >= 0.6 is 0 Å². The quantitative estimate of drug-likeness (QED) is 0.124. The third-order valence-corrected chi connectivity index (χ3v) is 4.67. The Hall–Kier alpha value is -5.16. The molecule has 0 saturated carbocycles. The van der Waals surface area contributed by atoms with E-state index in [0.29, 0.717) is 28.8 Å². The highest BCUT2D eigenvalue weighted by atomic mass is 16.7. The standard InChI is InChI=1S/C26H24N6O5/c1-2-23(34)37-17-36-22-13-7-11-20(15-22)29-26-31-24(27-18-8-4-3-5-9-18)30-25(32-26)28-19-10-6-12-21(14-19)35-16-33/h2-15,33H,1,16-17H2,(H3,27,28,29,30,31,32). The molecule has 0 amide bonds. The van der Waals surface area contributed by atoms with E-state index in [9.17, 15) is 4.79 Å². The predicted octanol–water partition coefficient (Wildman–Crippen LogP) is 4.50. The SMILES string of the molecule is C=CC(=O)OCOc1cccc(Nc2nc(Nc3ccccc3)nc(Nc3cccc(OCO)c3)n2)c1. The molecule has 3 aromatic carbocycles. The lowest BCUT2D eigenvalue weighted by Gasteiger charge is -2.13. The van der Waals surface area contributed by atoms with Crippen LogP contribution in [0.3, 0.4) is 0 Å². The fourth-order valence-electron chi connectivity index (χ4n) is 3.07. The number of aromatic nitrogens is 3. The number of rotatable bonds is 12. The summed E-state index contributed by atoms with van der Waals surface area (Å²) in [4.78, 5) is 24.6. The van der Waals surface area contributed by atoms with Crippen molar-refractivity contribution in [2.24, 2.45) is 0 Å². The number of para-hydroxylation sites is 1. The molecule has 0 bridgehead atoms. The molecule has 0 aliphatic carbocycles. The van der Waals surface area contributed by atoms with Gasteiger partial charge in [0.25, 0.3) is 0 Å². The average Bonchev–Trinajstić information content (AvgIpc) is 2.90. The number of aliphatic hydroxyl groups is 1. The van der Waals surface area contributed by atoms with Crippen LogP contribution in [0.1, 0.15) is 0 Å². The van der Waals surface area contributed by atoms with Crippen molar-refractivity contribution in [2.45, 2.75) is 0 Å². The van der Waals surface area contributed by atoms with E-state index in [1.807, 2.05) is 36.4 Å². The number of carbonyl (C=O) groups excluding carboxylic acids is 1. The second kappa shape index (κ2) is 12.5. The second-order valence-electron chi connectivity index (χ2n) is 7.31. The lowest BCUT2D eigenvalue weighted by atomic mass is 10.3. The number of anilines is 6. The molecule has 1 aromatic heterocycles. The number of hydrogen-bond acceptors (Lipinski definition) is 11. The van der Waals surface area contributed by atoms with Crippen LogP contribution in [0, 0.1) is 0 Å². The molecule has 1 heterocycles. The minimum Gasteiger partial charge on any atom is -0.468 e. The summed E-state index contributed by atoms with van der Waals surface area (Å²) in [7, 11) is 0. The lowest BCUT2D eigenvalue weighted by Crippen LogP contribution is -2.08. The molecule has 188 valence electrons. The molecule has 37 heavy (non-hydrogen) atoms. The third-order valence-electron chi connectivity index (χ3n) is 4.67. The Bertz CT molecular complexity index is 1350. The first-order chi connectivity index (χ1) is 18.1. The number of ether oxygens (including phenoxy) is 3. The van der Waals surface area contributed by atoms with Gasteiger partial charge < -0.3 is 35.3 Å². The first kappa shape index (κ1) is 24.9. The van der Waals surface area contributed by atoms with Crippen LogP contribution in [0.5, 0.6) is 11.5 Å². The van der Waals surface area contributed by atoms with E-state index in [2.05, 4.69) is 37.5 Å². The molecule has 0 radical (unpaired) electrons. The van der Waals surface area contributed by atoms with Gasteiger partial charge in [-0.3, -0.25) is 0 Å². The molecule has 11 heteroatoms. The van der Waals surface area contributed by atoms with Crippen LogP contribution < -0.4 is 25.4 Å². The number of esters is 1. The van der Waals surface area contributed by atoms with Crippen LogP contribution in [0.25, 0.3) is 0 Å². The van der Waals surface area contributed by atoms with Crippen molar-refractivity contribution >= 4 is 40.9 Å². The molecule has 0 atom stereocenters. The molecule has 0 unspecified atom stereocenters. The average molecular weight is 501 g/mol. The first-order valence-corrected chi connectivity index (χ1v) is 11.1. The fraction of sp³-hybridized carbons (Fsp3) is 0.0769. The van der Waals surface area contributed by atoms with Crippen LogP contribution in [-0.4, -0.2) is 39.6 Å². The fourth-order valence-corrected chi connectivity index (χ4v) is 3.07. The van der Waals surface area contributed by atoms with E-state index in [4.69, 9.17) is 19.3 Å². The maximum atomic E-state index is 11.2. The van der Waals surface area contributed by atoms with Crippen molar-refractivity contribution in [3.8, 4) is 11.5 Å². The zero-order valence-electron chi connectivity index (χ0n) is 19.6. The number of nitrogens with zero attached hydrogens (tertiary/aromatic N) is 3. The molecule has 0 aliphatic rings. The summed E-state index contributed by atoms with van der Waals surface area (Å²) in [6.07, 6.45) is 1.06. The highest BCUT2D eigenvalue weighted by Gasteiger charge is 2.10. The first-order valence-electron chi connectivity index (χ1n) is 11.1. The zero-order valence-corrected chi connectivity index (χ0v) is 19.6. The Morgan fingerprint density at radius 3 is 1.81 bits per heavy atom. The Morgan fingerprint density at radius 1 is 0.757 bits per heavy atom. The van der Waals surface area contributed by atoms with E-state index in [0.717, 1.165) is 11.8 Å². The molecule has 4 rings (SSSR count). The van der Waals surface area contributed by atoms with Gasteiger partial charge in [-0.25, -0.2) is 4.79 Å². The Morgan fingerprint density at radius 2 is 1.27 bits per heavy atom. The van der Waals surface area contributed by atoms with Crippen molar-refractivity contribution in [2.75, 3.05) is 29.5 Å². The smallest absolute Gasteiger partial charge is 0.333 e. The van der Waals surface area contributed by atoms with E-state index in [1.54, 1.807) is 42.5 Å².